The molecule has 0 atom stereocenters. The number of hydrogen-bond acceptors (Lipinski definition) is 5. The molecular formula is C25H22ClN3O5S2. The van der Waals surface area contributed by atoms with Crippen molar-refractivity contribution in [1.82, 2.24) is 0 Å². The van der Waals surface area contributed by atoms with Gasteiger partial charge in [-0.2, -0.15) is 0 Å². The smallest absolute Gasteiger partial charge is 0.261 e. The second kappa shape index (κ2) is 10.2. The maximum absolute atomic E-state index is 12.9. The van der Waals surface area contributed by atoms with Crippen LogP contribution in [0.15, 0.2) is 95.9 Å². The van der Waals surface area contributed by atoms with Gasteiger partial charge in [0.15, 0.2) is 0 Å². The number of halogens is 1. The van der Waals surface area contributed by atoms with E-state index in [1.165, 1.54) is 48.5 Å². The van der Waals surface area contributed by atoms with Crippen LogP contribution in [-0.2, 0) is 24.8 Å². The van der Waals surface area contributed by atoms with E-state index in [0.717, 1.165) is 21.3 Å². The van der Waals surface area contributed by atoms with Crippen molar-refractivity contribution in [2.75, 3.05) is 27.1 Å². The van der Waals surface area contributed by atoms with Gasteiger partial charge in [-0.25, -0.2) is 16.8 Å². The minimum absolute atomic E-state index is 0.00681. The fourth-order valence-corrected chi connectivity index (χ4v) is 5.64. The zero-order valence-corrected chi connectivity index (χ0v) is 21.4. The summed E-state index contributed by atoms with van der Waals surface area (Å²) in [6.45, 7) is -0.469. The number of hydrogen-bond donors (Lipinski definition) is 2. The zero-order valence-electron chi connectivity index (χ0n) is 19.1. The first kappa shape index (κ1) is 25.5. The lowest BCUT2D eigenvalue weighted by molar-refractivity contribution is -0.114. The van der Waals surface area contributed by atoms with Crippen molar-refractivity contribution >= 4 is 65.4 Å². The zero-order chi connectivity index (χ0) is 25.9. The van der Waals surface area contributed by atoms with E-state index in [2.05, 4.69) is 10.0 Å². The first-order valence-electron chi connectivity index (χ1n) is 10.7. The third-order valence-corrected chi connectivity index (χ3v) is 8.06. The van der Waals surface area contributed by atoms with Crippen LogP contribution in [-0.4, -0.2) is 35.5 Å². The highest BCUT2D eigenvalue weighted by atomic mass is 35.5. The van der Waals surface area contributed by atoms with Gasteiger partial charge in [-0.3, -0.25) is 13.8 Å². The lowest BCUT2D eigenvalue weighted by Gasteiger charge is -2.22. The van der Waals surface area contributed by atoms with Crippen molar-refractivity contribution < 1.29 is 21.6 Å². The van der Waals surface area contributed by atoms with Crippen LogP contribution in [0.4, 0.5) is 17.1 Å². The highest BCUT2D eigenvalue weighted by Gasteiger charge is 2.21. The van der Waals surface area contributed by atoms with Crippen molar-refractivity contribution in [2.24, 2.45) is 0 Å². The molecule has 4 aromatic rings. The molecule has 0 unspecified atom stereocenters. The molecule has 0 saturated heterocycles. The number of carbonyl (C=O) groups excluding carboxylic acids is 1. The van der Waals surface area contributed by atoms with E-state index >= 15 is 0 Å². The van der Waals surface area contributed by atoms with Crippen molar-refractivity contribution in [3.63, 3.8) is 0 Å². The number of sulfonamides is 2. The molecule has 0 aromatic heterocycles. The Morgan fingerprint density at radius 2 is 1.47 bits per heavy atom. The summed E-state index contributed by atoms with van der Waals surface area (Å²) in [5, 5.41) is 4.69. The fraction of sp³-hybridized carbons (Fsp3) is 0.0800. The summed E-state index contributed by atoms with van der Waals surface area (Å²) in [5.74, 6) is -0.597. The van der Waals surface area contributed by atoms with Gasteiger partial charge in [0.2, 0.25) is 15.9 Å². The summed E-state index contributed by atoms with van der Waals surface area (Å²) < 4.78 is 53.9. The van der Waals surface area contributed by atoms with Gasteiger partial charge >= 0.3 is 0 Å². The van der Waals surface area contributed by atoms with E-state index < -0.39 is 32.5 Å². The Morgan fingerprint density at radius 3 is 2.14 bits per heavy atom. The first-order chi connectivity index (χ1) is 17.0. The van der Waals surface area contributed by atoms with Gasteiger partial charge in [-0.15, -0.1) is 0 Å². The molecule has 0 heterocycles. The van der Waals surface area contributed by atoms with Crippen LogP contribution in [0.1, 0.15) is 0 Å². The molecule has 0 aliphatic carbocycles. The second-order valence-corrected chi connectivity index (χ2v) is 12.0. The van der Waals surface area contributed by atoms with E-state index in [4.69, 9.17) is 11.6 Å². The topological polar surface area (TPSA) is 113 Å². The first-order valence-corrected chi connectivity index (χ1v) is 14.4. The lowest BCUT2D eigenvalue weighted by atomic mass is 10.1. The molecule has 0 saturated carbocycles. The SMILES string of the molecule is CS(=O)(=O)N(CC(=O)Nc1ccc(S(=O)(=O)Nc2cccc3ccccc23)cc1)c1ccc(Cl)cc1. The molecule has 0 fully saturated rings. The maximum atomic E-state index is 12.9. The molecule has 1 amide bonds. The van der Waals surface area contributed by atoms with Crippen molar-refractivity contribution in [3.8, 4) is 0 Å². The van der Waals surface area contributed by atoms with Gasteiger partial charge in [0, 0.05) is 16.1 Å². The molecule has 0 spiro atoms. The molecule has 36 heavy (non-hydrogen) atoms. The Balaban J connectivity index is 1.47. The van der Waals surface area contributed by atoms with Gasteiger partial charge in [-0.05, 0) is 60.0 Å². The second-order valence-electron chi connectivity index (χ2n) is 7.95. The standard InChI is InChI=1S/C25H22ClN3O5S2/c1-35(31,32)29(21-13-9-19(26)10-14-21)17-25(30)27-20-11-15-22(16-12-20)36(33,34)28-24-8-4-6-18-5-2-3-7-23(18)24/h2-16,28H,17H2,1H3,(H,27,30). The van der Waals surface area contributed by atoms with Gasteiger partial charge < -0.3 is 5.32 Å². The third-order valence-electron chi connectivity index (χ3n) is 5.28. The Morgan fingerprint density at radius 1 is 0.833 bits per heavy atom. The van der Waals surface area contributed by atoms with Gasteiger partial charge in [-0.1, -0.05) is 48.0 Å². The van der Waals surface area contributed by atoms with E-state index in [0.29, 0.717) is 16.4 Å². The predicted octanol–water partition coefficient (Wildman–Crippen LogP) is 4.70. The van der Waals surface area contributed by atoms with Crippen LogP contribution in [0.2, 0.25) is 5.02 Å². The van der Waals surface area contributed by atoms with Gasteiger partial charge in [0.1, 0.15) is 6.54 Å². The number of rotatable bonds is 8. The van der Waals surface area contributed by atoms with Crippen LogP contribution in [0.25, 0.3) is 10.8 Å². The summed E-state index contributed by atoms with van der Waals surface area (Å²) in [5.41, 5.74) is 1.06. The van der Waals surface area contributed by atoms with E-state index in [9.17, 15) is 21.6 Å². The molecule has 4 rings (SSSR count). The van der Waals surface area contributed by atoms with Crippen LogP contribution in [0.3, 0.4) is 0 Å². The van der Waals surface area contributed by atoms with E-state index in [1.807, 2.05) is 30.3 Å². The van der Waals surface area contributed by atoms with Crippen LogP contribution >= 0.6 is 11.6 Å². The van der Waals surface area contributed by atoms with Crippen LogP contribution < -0.4 is 14.3 Å². The Labute approximate surface area is 214 Å². The molecule has 8 nitrogen and oxygen atoms in total. The van der Waals surface area contributed by atoms with Gasteiger partial charge in [0.25, 0.3) is 10.0 Å². The van der Waals surface area contributed by atoms with Crippen LogP contribution in [0, 0.1) is 0 Å². The lowest BCUT2D eigenvalue weighted by Crippen LogP contribution is -2.37. The van der Waals surface area contributed by atoms with Crippen LogP contribution in [0.5, 0.6) is 0 Å². The predicted molar refractivity (Wildman–Crippen MR) is 143 cm³/mol. The van der Waals surface area contributed by atoms with Crippen molar-refractivity contribution in [2.45, 2.75) is 4.90 Å². The summed E-state index contributed by atoms with van der Waals surface area (Å²) in [6, 6.07) is 24.4. The number of amides is 1. The molecule has 0 aliphatic rings. The van der Waals surface area contributed by atoms with Crippen molar-refractivity contribution in [1.29, 1.82) is 0 Å². The summed E-state index contributed by atoms with van der Waals surface area (Å²) in [6.07, 6.45) is 0.998. The molecule has 4 aromatic carbocycles. The van der Waals surface area contributed by atoms with Crippen molar-refractivity contribution in [3.05, 3.63) is 96.0 Å². The number of nitrogens with one attached hydrogen (secondary N) is 2. The summed E-state index contributed by atoms with van der Waals surface area (Å²) in [4.78, 5) is 12.6. The highest BCUT2D eigenvalue weighted by molar-refractivity contribution is 7.92. The van der Waals surface area contributed by atoms with Gasteiger partial charge in [0.05, 0.1) is 22.5 Å². The fourth-order valence-electron chi connectivity index (χ4n) is 3.57. The molecular weight excluding hydrogens is 522 g/mol. The average molecular weight is 544 g/mol. The quantitative estimate of drug-likeness (QED) is 0.334. The number of benzene rings is 4. The Hall–Kier alpha value is -3.60. The molecule has 0 bridgehead atoms. The summed E-state index contributed by atoms with van der Waals surface area (Å²) >= 11 is 5.86. The Bertz CT molecular complexity index is 1620. The Kier molecular flexibility index (Phi) is 7.21. The average Bonchev–Trinajstić information content (AvgIpc) is 2.83. The molecule has 186 valence electrons. The molecule has 0 radical (unpaired) electrons. The monoisotopic (exact) mass is 543 g/mol. The largest absolute Gasteiger partial charge is 0.325 e. The summed E-state index contributed by atoms with van der Waals surface area (Å²) in [7, 11) is -7.64. The normalized spacial score (nSPS) is 11.7. The van der Waals surface area contributed by atoms with E-state index in [-0.39, 0.29) is 10.6 Å². The number of carbonyl (C=O) groups is 1. The third kappa shape index (κ3) is 5.96. The minimum atomic E-state index is -3.89. The maximum Gasteiger partial charge on any atom is 0.261 e. The number of nitrogens with zero attached hydrogens (tertiary/aromatic N) is 1. The number of anilines is 3. The molecule has 2 N–H and O–H groups in total. The highest BCUT2D eigenvalue weighted by Crippen LogP contribution is 2.26. The minimum Gasteiger partial charge on any atom is -0.325 e. The van der Waals surface area contributed by atoms with E-state index in [1.54, 1.807) is 12.1 Å². The molecule has 11 heteroatoms. The number of fused-ring (bicyclic) bond motifs is 1. The molecule has 0 aliphatic heterocycles.